The second-order valence-corrected chi connectivity index (χ2v) is 8.56. The normalized spacial score (nSPS) is 12.0. The molecule has 1 aromatic carbocycles. The number of nitrogens with zero attached hydrogens (tertiary/aromatic N) is 2. The first-order chi connectivity index (χ1) is 15.4. The molecule has 2 N–H and O–H groups in total. The SMILES string of the molecule is CCC(C)n1c(SCC(=O)NCCc2ccc(OC)c(OC)c2)nc2cc(C)[nH]c2c1=O. The van der Waals surface area contributed by atoms with Crippen LogP contribution >= 0.6 is 11.8 Å². The van der Waals surface area contributed by atoms with E-state index in [2.05, 4.69) is 15.3 Å². The minimum absolute atomic E-state index is 0.0152. The third-order valence-corrected chi connectivity index (χ3v) is 6.29. The predicted molar refractivity (Wildman–Crippen MR) is 127 cm³/mol. The van der Waals surface area contributed by atoms with Crippen molar-refractivity contribution in [1.29, 1.82) is 0 Å². The minimum atomic E-state index is -0.106. The lowest BCUT2D eigenvalue weighted by Crippen LogP contribution is -2.29. The number of rotatable bonds is 10. The molecule has 3 aromatic rings. The summed E-state index contributed by atoms with van der Waals surface area (Å²) in [6.07, 6.45) is 1.46. The molecule has 0 bridgehead atoms. The molecule has 2 aromatic heterocycles. The van der Waals surface area contributed by atoms with Crippen LogP contribution in [0, 0.1) is 6.92 Å². The number of carbonyl (C=O) groups is 1. The van der Waals surface area contributed by atoms with Gasteiger partial charge in [0.25, 0.3) is 5.56 Å². The lowest BCUT2D eigenvalue weighted by Gasteiger charge is -2.17. The summed E-state index contributed by atoms with van der Waals surface area (Å²) in [6, 6.07) is 7.54. The van der Waals surface area contributed by atoms with E-state index in [1.807, 2.05) is 45.0 Å². The van der Waals surface area contributed by atoms with E-state index in [1.54, 1.807) is 18.8 Å². The standard InChI is InChI=1S/C23H30N4O4S/c1-6-15(3)27-22(29)21-17(11-14(2)25-21)26-23(27)32-13-20(28)24-10-9-16-7-8-18(30-4)19(12-16)31-5/h7-8,11-12,15,25H,6,9-10,13H2,1-5H3,(H,24,28). The zero-order valence-corrected chi connectivity index (χ0v) is 20.0. The molecule has 0 spiro atoms. The van der Waals surface area contributed by atoms with Crippen LogP contribution in [0.15, 0.2) is 34.2 Å². The minimum Gasteiger partial charge on any atom is -0.493 e. The molecule has 0 radical (unpaired) electrons. The molecule has 1 atom stereocenters. The second kappa shape index (κ2) is 10.6. The van der Waals surface area contributed by atoms with Crippen LogP contribution in [0.5, 0.6) is 11.5 Å². The average Bonchev–Trinajstić information content (AvgIpc) is 3.17. The number of ether oxygens (including phenoxy) is 2. The maximum absolute atomic E-state index is 13.0. The Hall–Kier alpha value is -2.94. The Morgan fingerprint density at radius 1 is 1.25 bits per heavy atom. The van der Waals surface area contributed by atoms with E-state index >= 15 is 0 Å². The van der Waals surface area contributed by atoms with Gasteiger partial charge in [0.1, 0.15) is 5.52 Å². The highest BCUT2D eigenvalue weighted by atomic mass is 32.2. The van der Waals surface area contributed by atoms with Crippen molar-refractivity contribution in [2.45, 2.75) is 44.8 Å². The van der Waals surface area contributed by atoms with Gasteiger partial charge in [0.2, 0.25) is 5.91 Å². The second-order valence-electron chi connectivity index (χ2n) is 7.62. The van der Waals surface area contributed by atoms with Crippen LogP contribution in [0.25, 0.3) is 11.0 Å². The number of amides is 1. The number of aryl methyl sites for hydroxylation is 1. The highest BCUT2D eigenvalue weighted by Crippen LogP contribution is 2.27. The molecule has 0 saturated heterocycles. The monoisotopic (exact) mass is 458 g/mol. The van der Waals surface area contributed by atoms with Gasteiger partial charge in [-0.3, -0.25) is 14.2 Å². The van der Waals surface area contributed by atoms with E-state index in [0.29, 0.717) is 40.7 Å². The topological polar surface area (TPSA) is 98.2 Å². The Labute approximate surface area is 191 Å². The Morgan fingerprint density at radius 2 is 2.00 bits per heavy atom. The molecule has 0 fully saturated rings. The number of hydrogen-bond donors (Lipinski definition) is 2. The van der Waals surface area contributed by atoms with Crippen LogP contribution in [0.3, 0.4) is 0 Å². The van der Waals surface area contributed by atoms with Gasteiger partial charge in [0.15, 0.2) is 16.7 Å². The maximum atomic E-state index is 13.0. The lowest BCUT2D eigenvalue weighted by molar-refractivity contribution is -0.118. The fourth-order valence-electron chi connectivity index (χ4n) is 3.43. The number of benzene rings is 1. The van der Waals surface area contributed by atoms with E-state index in [-0.39, 0.29) is 23.3 Å². The quantitative estimate of drug-likeness (QED) is 0.357. The maximum Gasteiger partial charge on any atom is 0.278 e. The summed E-state index contributed by atoms with van der Waals surface area (Å²) in [5.41, 5.74) is 2.95. The summed E-state index contributed by atoms with van der Waals surface area (Å²) >= 11 is 1.28. The van der Waals surface area contributed by atoms with Crippen molar-refractivity contribution in [2.75, 3.05) is 26.5 Å². The van der Waals surface area contributed by atoms with Crippen molar-refractivity contribution >= 4 is 28.7 Å². The summed E-state index contributed by atoms with van der Waals surface area (Å²) < 4.78 is 12.3. The number of H-pyrrole nitrogens is 1. The summed E-state index contributed by atoms with van der Waals surface area (Å²) in [5, 5.41) is 3.49. The largest absolute Gasteiger partial charge is 0.493 e. The lowest BCUT2D eigenvalue weighted by atomic mass is 10.1. The van der Waals surface area contributed by atoms with Gasteiger partial charge in [0.05, 0.1) is 25.5 Å². The van der Waals surface area contributed by atoms with E-state index < -0.39 is 0 Å². The van der Waals surface area contributed by atoms with Crippen molar-refractivity contribution in [3.05, 3.63) is 45.9 Å². The molecular weight excluding hydrogens is 428 g/mol. The molecule has 1 unspecified atom stereocenters. The molecule has 0 aliphatic heterocycles. The summed E-state index contributed by atoms with van der Waals surface area (Å²) in [7, 11) is 3.19. The van der Waals surface area contributed by atoms with Gasteiger partial charge in [-0.1, -0.05) is 24.8 Å². The zero-order chi connectivity index (χ0) is 23.3. The van der Waals surface area contributed by atoms with Crippen LogP contribution in [0.4, 0.5) is 0 Å². The Kier molecular flexibility index (Phi) is 7.84. The van der Waals surface area contributed by atoms with Crippen LogP contribution in [-0.4, -0.2) is 47.0 Å². The molecule has 9 heteroatoms. The molecule has 32 heavy (non-hydrogen) atoms. The van der Waals surface area contributed by atoms with Crippen molar-refractivity contribution < 1.29 is 14.3 Å². The summed E-state index contributed by atoms with van der Waals surface area (Å²) in [6.45, 7) is 6.40. The van der Waals surface area contributed by atoms with Gasteiger partial charge in [0, 0.05) is 18.3 Å². The third kappa shape index (κ3) is 5.27. The summed E-state index contributed by atoms with van der Waals surface area (Å²) in [4.78, 5) is 33.2. The number of aromatic amines is 1. The van der Waals surface area contributed by atoms with Crippen molar-refractivity contribution in [3.8, 4) is 11.5 Å². The number of carbonyl (C=O) groups excluding carboxylic acids is 1. The zero-order valence-electron chi connectivity index (χ0n) is 19.2. The Bertz CT molecular complexity index is 1150. The third-order valence-electron chi connectivity index (χ3n) is 5.33. The Morgan fingerprint density at radius 3 is 2.69 bits per heavy atom. The first-order valence-corrected chi connectivity index (χ1v) is 11.6. The molecule has 0 aliphatic carbocycles. The fraction of sp³-hybridized carbons (Fsp3) is 0.435. The number of fused-ring (bicyclic) bond motifs is 1. The van der Waals surface area contributed by atoms with Crippen LogP contribution in [-0.2, 0) is 11.2 Å². The number of thioether (sulfide) groups is 1. The fourth-order valence-corrected chi connectivity index (χ4v) is 4.35. The summed E-state index contributed by atoms with van der Waals surface area (Å²) in [5.74, 6) is 1.41. The molecule has 172 valence electrons. The molecule has 0 saturated carbocycles. The Balaban J connectivity index is 1.64. The molecular formula is C23H30N4O4S. The van der Waals surface area contributed by atoms with E-state index in [1.165, 1.54) is 11.8 Å². The number of hydrogen-bond acceptors (Lipinski definition) is 6. The first kappa shape index (κ1) is 23.7. The molecule has 3 rings (SSSR count). The van der Waals surface area contributed by atoms with Crippen LogP contribution < -0.4 is 20.3 Å². The van der Waals surface area contributed by atoms with Gasteiger partial charge < -0.3 is 19.8 Å². The number of methoxy groups -OCH3 is 2. The molecule has 8 nitrogen and oxygen atoms in total. The van der Waals surface area contributed by atoms with E-state index in [0.717, 1.165) is 17.7 Å². The van der Waals surface area contributed by atoms with Gasteiger partial charge in [-0.2, -0.15) is 0 Å². The van der Waals surface area contributed by atoms with Crippen molar-refractivity contribution in [3.63, 3.8) is 0 Å². The highest BCUT2D eigenvalue weighted by Gasteiger charge is 2.18. The molecule has 0 aliphatic rings. The van der Waals surface area contributed by atoms with Gasteiger partial charge in [-0.05, 0) is 50.5 Å². The van der Waals surface area contributed by atoms with Gasteiger partial charge >= 0.3 is 0 Å². The van der Waals surface area contributed by atoms with Crippen molar-refractivity contribution in [2.24, 2.45) is 0 Å². The van der Waals surface area contributed by atoms with Gasteiger partial charge in [-0.25, -0.2) is 4.98 Å². The number of nitrogens with one attached hydrogen (secondary N) is 2. The molecule has 2 heterocycles. The van der Waals surface area contributed by atoms with E-state index in [4.69, 9.17) is 9.47 Å². The molecule has 1 amide bonds. The van der Waals surface area contributed by atoms with Crippen LogP contribution in [0.1, 0.15) is 37.6 Å². The first-order valence-electron chi connectivity index (χ1n) is 10.6. The number of aromatic nitrogens is 3. The van der Waals surface area contributed by atoms with Crippen LogP contribution in [0.2, 0.25) is 0 Å². The van der Waals surface area contributed by atoms with Gasteiger partial charge in [-0.15, -0.1) is 0 Å². The van der Waals surface area contributed by atoms with E-state index in [9.17, 15) is 9.59 Å². The smallest absolute Gasteiger partial charge is 0.278 e. The highest BCUT2D eigenvalue weighted by molar-refractivity contribution is 7.99. The predicted octanol–water partition coefficient (Wildman–Crippen LogP) is 3.47. The van der Waals surface area contributed by atoms with Crippen molar-refractivity contribution in [1.82, 2.24) is 19.9 Å². The average molecular weight is 459 g/mol.